The standard InChI is InChI=1S/C10H11N3O2/c14-9-4-8(10(15)13-9)12-6-7-2-1-3-11-5-7/h1-3,5,8,12H,4,6H2,(H,13,14,15)/t8-/m0/s1. The Labute approximate surface area is 86.9 Å². The largest absolute Gasteiger partial charge is 0.301 e. The predicted octanol–water partition coefficient (Wildman–Crippen LogP) is -0.414. The van der Waals surface area contributed by atoms with E-state index in [0.29, 0.717) is 6.54 Å². The summed E-state index contributed by atoms with van der Waals surface area (Å²) >= 11 is 0. The average Bonchev–Trinajstić information content (AvgIpc) is 2.56. The van der Waals surface area contributed by atoms with Gasteiger partial charge >= 0.3 is 0 Å². The van der Waals surface area contributed by atoms with Crippen molar-refractivity contribution in [2.45, 2.75) is 19.0 Å². The number of nitrogens with zero attached hydrogens (tertiary/aromatic N) is 1. The molecule has 1 aliphatic rings. The van der Waals surface area contributed by atoms with Crippen molar-refractivity contribution in [1.82, 2.24) is 15.6 Å². The van der Waals surface area contributed by atoms with E-state index < -0.39 is 6.04 Å². The number of hydrogen-bond donors (Lipinski definition) is 2. The normalized spacial score (nSPS) is 20.4. The molecule has 5 nitrogen and oxygen atoms in total. The molecule has 1 aliphatic heterocycles. The Morgan fingerprint density at radius 3 is 3.00 bits per heavy atom. The van der Waals surface area contributed by atoms with Crippen LogP contribution in [0.2, 0.25) is 0 Å². The van der Waals surface area contributed by atoms with Crippen LogP contribution in [0.25, 0.3) is 0 Å². The maximum Gasteiger partial charge on any atom is 0.244 e. The quantitative estimate of drug-likeness (QED) is 0.658. The average molecular weight is 205 g/mol. The number of amides is 2. The minimum atomic E-state index is -0.405. The maximum atomic E-state index is 11.2. The van der Waals surface area contributed by atoms with Crippen molar-refractivity contribution in [1.29, 1.82) is 0 Å². The maximum absolute atomic E-state index is 11.2. The van der Waals surface area contributed by atoms with E-state index in [4.69, 9.17) is 0 Å². The van der Waals surface area contributed by atoms with Crippen LogP contribution in [0.15, 0.2) is 24.5 Å². The van der Waals surface area contributed by atoms with Crippen LogP contribution in [-0.2, 0) is 16.1 Å². The summed E-state index contributed by atoms with van der Waals surface area (Å²) in [5.41, 5.74) is 0.990. The van der Waals surface area contributed by atoms with Gasteiger partial charge < -0.3 is 5.32 Å². The molecule has 0 aliphatic carbocycles. The number of aromatic nitrogens is 1. The Bertz CT molecular complexity index is 378. The first-order valence-electron chi connectivity index (χ1n) is 4.71. The highest BCUT2D eigenvalue weighted by molar-refractivity contribution is 6.05. The molecule has 0 saturated carbocycles. The highest BCUT2D eigenvalue weighted by atomic mass is 16.2. The highest BCUT2D eigenvalue weighted by Gasteiger charge is 2.29. The lowest BCUT2D eigenvalue weighted by molar-refractivity contribution is -0.125. The molecule has 0 radical (unpaired) electrons. The fourth-order valence-corrected chi connectivity index (χ4v) is 1.46. The molecule has 2 heterocycles. The first-order chi connectivity index (χ1) is 7.25. The Hall–Kier alpha value is -1.75. The zero-order valence-corrected chi connectivity index (χ0v) is 8.06. The van der Waals surface area contributed by atoms with Crippen LogP contribution in [-0.4, -0.2) is 22.8 Å². The van der Waals surface area contributed by atoms with Gasteiger partial charge in [0.1, 0.15) is 0 Å². The molecule has 15 heavy (non-hydrogen) atoms. The SMILES string of the molecule is O=C1C[C@H](NCc2cccnc2)C(=O)N1. The molecule has 2 rings (SSSR count). The zero-order chi connectivity index (χ0) is 10.7. The van der Waals surface area contributed by atoms with Crippen molar-refractivity contribution < 1.29 is 9.59 Å². The summed E-state index contributed by atoms with van der Waals surface area (Å²) in [5, 5.41) is 5.25. The monoisotopic (exact) mass is 205 g/mol. The Balaban J connectivity index is 1.89. The lowest BCUT2D eigenvalue weighted by Crippen LogP contribution is -2.35. The van der Waals surface area contributed by atoms with Crippen LogP contribution in [0.3, 0.4) is 0 Å². The van der Waals surface area contributed by atoms with Gasteiger partial charge in [-0.1, -0.05) is 6.07 Å². The van der Waals surface area contributed by atoms with Gasteiger partial charge in [0.15, 0.2) is 0 Å². The molecule has 0 bridgehead atoms. The summed E-state index contributed by atoms with van der Waals surface area (Å²) in [6.45, 7) is 0.541. The van der Waals surface area contributed by atoms with Gasteiger partial charge in [-0.15, -0.1) is 0 Å². The molecule has 1 fully saturated rings. The summed E-state index contributed by atoms with van der Waals surface area (Å²) in [5.74, 6) is -0.465. The molecule has 78 valence electrons. The van der Waals surface area contributed by atoms with Crippen LogP contribution in [0.4, 0.5) is 0 Å². The van der Waals surface area contributed by atoms with E-state index >= 15 is 0 Å². The van der Waals surface area contributed by atoms with E-state index in [-0.39, 0.29) is 18.2 Å². The van der Waals surface area contributed by atoms with E-state index in [1.807, 2.05) is 12.1 Å². The van der Waals surface area contributed by atoms with Crippen molar-refractivity contribution in [3.8, 4) is 0 Å². The van der Waals surface area contributed by atoms with E-state index in [1.54, 1.807) is 12.4 Å². The van der Waals surface area contributed by atoms with E-state index in [9.17, 15) is 9.59 Å². The molecule has 1 aromatic heterocycles. The summed E-state index contributed by atoms with van der Waals surface area (Å²) in [6.07, 6.45) is 3.63. The summed E-state index contributed by atoms with van der Waals surface area (Å²) in [7, 11) is 0. The van der Waals surface area contributed by atoms with Crippen molar-refractivity contribution in [3.63, 3.8) is 0 Å². The summed E-state index contributed by atoms with van der Waals surface area (Å²) in [4.78, 5) is 26.0. The van der Waals surface area contributed by atoms with Crippen molar-refractivity contribution >= 4 is 11.8 Å². The number of carbonyl (C=O) groups excluding carboxylic acids is 2. The van der Waals surface area contributed by atoms with E-state index in [1.165, 1.54) is 0 Å². The third-order valence-corrected chi connectivity index (χ3v) is 2.24. The Morgan fingerprint density at radius 1 is 1.53 bits per heavy atom. The second-order valence-corrected chi connectivity index (χ2v) is 3.41. The van der Waals surface area contributed by atoms with Crippen molar-refractivity contribution in [2.75, 3.05) is 0 Å². The second kappa shape index (κ2) is 4.18. The van der Waals surface area contributed by atoms with Crippen LogP contribution in [0.1, 0.15) is 12.0 Å². The first-order valence-corrected chi connectivity index (χ1v) is 4.71. The van der Waals surface area contributed by atoms with Gasteiger partial charge in [-0.2, -0.15) is 0 Å². The van der Waals surface area contributed by atoms with Crippen LogP contribution >= 0.6 is 0 Å². The minimum Gasteiger partial charge on any atom is -0.301 e. The molecule has 2 amide bonds. The number of carbonyl (C=O) groups is 2. The lowest BCUT2D eigenvalue weighted by Gasteiger charge is -2.08. The third-order valence-electron chi connectivity index (χ3n) is 2.24. The molecule has 0 unspecified atom stereocenters. The van der Waals surface area contributed by atoms with E-state index in [0.717, 1.165) is 5.56 Å². The molecule has 2 N–H and O–H groups in total. The smallest absolute Gasteiger partial charge is 0.244 e. The molecular formula is C10H11N3O2. The van der Waals surface area contributed by atoms with Gasteiger partial charge in [0.05, 0.1) is 12.5 Å². The first kappa shape index (κ1) is 9.79. The van der Waals surface area contributed by atoms with Gasteiger partial charge in [0.2, 0.25) is 11.8 Å². The number of pyridine rings is 1. The lowest BCUT2D eigenvalue weighted by atomic mass is 10.2. The van der Waals surface area contributed by atoms with Gasteiger partial charge in [-0.05, 0) is 11.6 Å². The van der Waals surface area contributed by atoms with Crippen LogP contribution in [0.5, 0.6) is 0 Å². The fraction of sp³-hybridized carbons (Fsp3) is 0.300. The van der Waals surface area contributed by atoms with Crippen LogP contribution in [0, 0.1) is 0 Å². The van der Waals surface area contributed by atoms with Crippen LogP contribution < -0.4 is 10.6 Å². The summed E-state index contributed by atoms with van der Waals surface area (Å²) in [6, 6.07) is 3.34. The third kappa shape index (κ3) is 2.38. The van der Waals surface area contributed by atoms with Crippen molar-refractivity contribution in [2.24, 2.45) is 0 Å². The topological polar surface area (TPSA) is 71.1 Å². The Morgan fingerprint density at radius 2 is 2.40 bits per heavy atom. The van der Waals surface area contributed by atoms with Gasteiger partial charge in [-0.3, -0.25) is 19.9 Å². The second-order valence-electron chi connectivity index (χ2n) is 3.41. The predicted molar refractivity (Wildman–Crippen MR) is 52.6 cm³/mol. The molecule has 1 atom stereocenters. The fourth-order valence-electron chi connectivity index (χ4n) is 1.46. The summed E-state index contributed by atoms with van der Waals surface area (Å²) < 4.78 is 0. The molecule has 1 saturated heterocycles. The van der Waals surface area contributed by atoms with E-state index in [2.05, 4.69) is 15.6 Å². The Kier molecular flexibility index (Phi) is 2.73. The highest BCUT2D eigenvalue weighted by Crippen LogP contribution is 2.03. The van der Waals surface area contributed by atoms with Crippen molar-refractivity contribution in [3.05, 3.63) is 30.1 Å². The molecular weight excluding hydrogens is 194 g/mol. The number of rotatable bonds is 3. The molecule has 0 spiro atoms. The van der Waals surface area contributed by atoms with Gasteiger partial charge in [-0.25, -0.2) is 0 Å². The zero-order valence-electron chi connectivity index (χ0n) is 8.06. The van der Waals surface area contributed by atoms with Gasteiger partial charge in [0, 0.05) is 18.9 Å². The number of nitrogens with one attached hydrogen (secondary N) is 2. The molecule has 0 aromatic carbocycles. The number of imide groups is 1. The minimum absolute atomic E-state index is 0.219. The number of hydrogen-bond acceptors (Lipinski definition) is 4. The molecule has 1 aromatic rings. The van der Waals surface area contributed by atoms with Gasteiger partial charge in [0.25, 0.3) is 0 Å². The molecule has 5 heteroatoms.